The van der Waals surface area contributed by atoms with Crippen molar-refractivity contribution in [2.45, 2.75) is 37.0 Å². The van der Waals surface area contributed by atoms with Crippen LogP contribution in [-0.2, 0) is 14.6 Å². The highest BCUT2D eigenvalue weighted by Crippen LogP contribution is 2.21. The van der Waals surface area contributed by atoms with Crippen LogP contribution in [0, 0.1) is 0 Å². The SMILES string of the molecule is CN1C(=O)CCC1CN1CCC(S(C)(=O)=O)CC1. The van der Waals surface area contributed by atoms with Gasteiger partial charge in [0.1, 0.15) is 9.84 Å². The third kappa shape index (κ3) is 3.03. The zero-order valence-electron chi connectivity index (χ0n) is 11.1. The fourth-order valence-electron chi connectivity index (χ4n) is 2.90. The summed E-state index contributed by atoms with van der Waals surface area (Å²) in [6, 6.07) is 0.312. The number of rotatable bonds is 3. The maximum absolute atomic E-state index is 11.5. The maximum atomic E-state index is 11.5. The van der Waals surface area contributed by atoms with Gasteiger partial charge in [-0.05, 0) is 32.4 Å². The van der Waals surface area contributed by atoms with Crippen molar-refractivity contribution in [1.29, 1.82) is 0 Å². The molecule has 0 radical (unpaired) electrons. The number of piperidine rings is 1. The molecular weight excluding hydrogens is 252 g/mol. The molecule has 0 aromatic rings. The van der Waals surface area contributed by atoms with E-state index < -0.39 is 9.84 Å². The van der Waals surface area contributed by atoms with E-state index >= 15 is 0 Å². The molecule has 18 heavy (non-hydrogen) atoms. The summed E-state index contributed by atoms with van der Waals surface area (Å²) in [6.07, 6.45) is 4.37. The molecule has 0 aromatic heterocycles. The Morgan fingerprint density at radius 1 is 1.22 bits per heavy atom. The summed E-state index contributed by atoms with van der Waals surface area (Å²) in [7, 11) is -1.02. The van der Waals surface area contributed by atoms with E-state index in [1.54, 1.807) is 0 Å². The molecule has 104 valence electrons. The number of nitrogens with zero attached hydrogens (tertiary/aromatic N) is 2. The Labute approximate surface area is 109 Å². The largest absolute Gasteiger partial charge is 0.341 e. The van der Waals surface area contributed by atoms with Crippen LogP contribution in [0.5, 0.6) is 0 Å². The van der Waals surface area contributed by atoms with Crippen LogP contribution in [0.4, 0.5) is 0 Å². The first-order valence-corrected chi connectivity index (χ1v) is 8.50. The first-order valence-electron chi connectivity index (χ1n) is 6.55. The Hall–Kier alpha value is -0.620. The average Bonchev–Trinajstić information content (AvgIpc) is 2.61. The minimum atomic E-state index is -2.89. The van der Waals surface area contributed by atoms with Crippen LogP contribution in [0.15, 0.2) is 0 Å². The second kappa shape index (κ2) is 5.17. The number of carbonyl (C=O) groups excluding carboxylic acids is 1. The van der Waals surface area contributed by atoms with Gasteiger partial charge in [0.2, 0.25) is 5.91 Å². The molecule has 0 aliphatic carbocycles. The van der Waals surface area contributed by atoms with Crippen molar-refractivity contribution in [3.8, 4) is 0 Å². The number of amides is 1. The summed E-state index contributed by atoms with van der Waals surface area (Å²) in [5.41, 5.74) is 0. The maximum Gasteiger partial charge on any atom is 0.222 e. The number of likely N-dealkylation sites (N-methyl/N-ethyl adjacent to an activating group) is 1. The van der Waals surface area contributed by atoms with Crippen LogP contribution < -0.4 is 0 Å². The highest BCUT2D eigenvalue weighted by atomic mass is 32.2. The zero-order chi connectivity index (χ0) is 13.3. The van der Waals surface area contributed by atoms with Gasteiger partial charge < -0.3 is 9.80 Å². The zero-order valence-corrected chi connectivity index (χ0v) is 11.9. The van der Waals surface area contributed by atoms with E-state index in [9.17, 15) is 13.2 Å². The van der Waals surface area contributed by atoms with Gasteiger partial charge in [-0.2, -0.15) is 0 Å². The predicted octanol–water partition coefficient (Wildman–Crippen LogP) is 0.116. The highest BCUT2D eigenvalue weighted by molar-refractivity contribution is 7.91. The first-order chi connectivity index (χ1) is 8.38. The standard InChI is InChI=1S/C12H22N2O3S/c1-13-10(3-4-12(13)15)9-14-7-5-11(6-8-14)18(2,16)17/h10-11H,3-9H2,1-2H3. The lowest BCUT2D eigenvalue weighted by atomic mass is 10.1. The second-order valence-corrected chi connectivity index (χ2v) is 7.85. The molecule has 2 rings (SSSR count). The molecule has 2 heterocycles. The van der Waals surface area contributed by atoms with Crippen LogP contribution >= 0.6 is 0 Å². The van der Waals surface area contributed by atoms with E-state index in [1.165, 1.54) is 6.26 Å². The third-order valence-electron chi connectivity index (χ3n) is 4.24. The molecule has 0 aromatic carbocycles. The van der Waals surface area contributed by atoms with Crippen molar-refractivity contribution in [2.75, 3.05) is 32.9 Å². The van der Waals surface area contributed by atoms with E-state index in [2.05, 4.69) is 4.90 Å². The van der Waals surface area contributed by atoms with Gasteiger partial charge in [-0.3, -0.25) is 4.79 Å². The predicted molar refractivity (Wildman–Crippen MR) is 70.1 cm³/mol. The van der Waals surface area contributed by atoms with E-state index in [1.807, 2.05) is 11.9 Å². The summed E-state index contributed by atoms with van der Waals surface area (Å²) in [6.45, 7) is 2.55. The van der Waals surface area contributed by atoms with Crippen molar-refractivity contribution in [2.24, 2.45) is 0 Å². The normalized spacial score (nSPS) is 28.0. The monoisotopic (exact) mass is 274 g/mol. The molecule has 0 N–H and O–H groups in total. The van der Waals surface area contributed by atoms with Crippen molar-refractivity contribution in [1.82, 2.24) is 9.80 Å². The molecule has 2 fully saturated rings. The Balaban J connectivity index is 1.82. The molecule has 2 aliphatic rings. The molecule has 5 nitrogen and oxygen atoms in total. The number of sulfone groups is 1. The van der Waals surface area contributed by atoms with Gasteiger partial charge >= 0.3 is 0 Å². The summed E-state index contributed by atoms with van der Waals surface area (Å²) >= 11 is 0. The summed E-state index contributed by atoms with van der Waals surface area (Å²) in [5.74, 6) is 0.228. The Bertz CT molecular complexity index is 413. The molecule has 0 saturated carbocycles. The minimum absolute atomic E-state index is 0.170. The van der Waals surface area contributed by atoms with Gasteiger partial charge in [0, 0.05) is 32.3 Å². The van der Waals surface area contributed by atoms with Crippen LogP contribution in [0.25, 0.3) is 0 Å². The van der Waals surface area contributed by atoms with Crippen LogP contribution in [0.3, 0.4) is 0 Å². The van der Waals surface area contributed by atoms with Gasteiger partial charge in [-0.15, -0.1) is 0 Å². The molecule has 2 saturated heterocycles. The van der Waals surface area contributed by atoms with Gasteiger partial charge in [-0.1, -0.05) is 0 Å². The lowest BCUT2D eigenvalue weighted by Gasteiger charge is -2.34. The minimum Gasteiger partial charge on any atom is -0.341 e. The van der Waals surface area contributed by atoms with Crippen LogP contribution in [-0.4, -0.2) is 68.4 Å². The molecule has 1 amide bonds. The molecule has 1 atom stereocenters. The molecule has 0 bridgehead atoms. The smallest absolute Gasteiger partial charge is 0.222 e. The summed E-state index contributed by atoms with van der Waals surface area (Å²) < 4.78 is 22.9. The second-order valence-electron chi connectivity index (χ2n) is 5.53. The molecule has 2 aliphatic heterocycles. The van der Waals surface area contributed by atoms with Crippen LogP contribution in [0.2, 0.25) is 0 Å². The highest BCUT2D eigenvalue weighted by Gasteiger charge is 2.32. The van der Waals surface area contributed by atoms with E-state index in [4.69, 9.17) is 0 Å². The topological polar surface area (TPSA) is 57.7 Å². The van der Waals surface area contributed by atoms with E-state index in [0.717, 1.165) is 38.9 Å². The first kappa shape index (κ1) is 13.8. The van der Waals surface area contributed by atoms with E-state index in [-0.39, 0.29) is 11.2 Å². The third-order valence-corrected chi connectivity index (χ3v) is 5.92. The Morgan fingerprint density at radius 3 is 2.28 bits per heavy atom. The molecule has 6 heteroatoms. The fraction of sp³-hybridized carbons (Fsp3) is 0.917. The Kier molecular flexibility index (Phi) is 3.96. The van der Waals surface area contributed by atoms with Crippen molar-refractivity contribution in [3.05, 3.63) is 0 Å². The average molecular weight is 274 g/mol. The Morgan fingerprint density at radius 2 is 1.83 bits per heavy atom. The number of likely N-dealkylation sites (tertiary alicyclic amines) is 2. The number of hydrogen-bond donors (Lipinski definition) is 0. The number of hydrogen-bond acceptors (Lipinski definition) is 4. The van der Waals surface area contributed by atoms with Crippen molar-refractivity contribution in [3.63, 3.8) is 0 Å². The van der Waals surface area contributed by atoms with Crippen LogP contribution in [0.1, 0.15) is 25.7 Å². The number of carbonyl (C=O) groups is 1. The molecular formula is C12H22N2O3S. The molecule has 1 unspecified atom stereocenters. The molecule has 0 spiro atoms. The quantitative estimate of drug-likeness (QED) is 0.733. The van der Waals surface area contributed by atoms with Gasteiger partial charge in [0.25, 0.3) is 0 Å². The van der Waals surface area contributed by atoms with Crippen molar-refractivity contribution < 1.29 is 13.2 Å². The lowest BCUT2D eigenvalue weighted by molar-refractivity contribution is -0.127. The summed E-state index contributed by atoms with van der Waals surface area (Å²) in [5, 5.41) is -0.170. The van der Waals surface area contributed by atoms with Gasteiger partial charge in [-0.25, -0.2) is 8.42 Å². The lowest BCUT2D eigenvalue weighted by Crippen LogP contribution is -2.45. The van der Waals surface area contributed by atoms with Gasteiger partial charge in [0.15, 0.2) is 0 Å². The fourth-order valence-corrected chi connectivity index (χ4v) is 3.96. The van der Waals surface area contributed by atoms with Gasteiger partial charge in [0.05, 0.1) is 5.25 Å². The van der Waals surface area contributed by atoms with E-state index in [0.29, 0.717) is 12.5 Å². The summed E-state index contributed by atoms with van der Waals surface area (Å²) in [4.78, 5) is 15.6. The van der Waals surface area contributed by atoms with Crippen molar-refractivity contribution >= 4 is 15.7 Å².